The Morgan fingerprint density at radius 1 is 0.359 bits per heavy atom. The van der Waals surface area contributed by atoms with E-state index in [9.17, 15) is 9.59 Å². The van der Waals surface area contributed by atoms with Crippen LogP contribution in [-0.4, -0.2) is 37.9 Å². The quantitative estimate of drug-likeness (QED) is 0.0346. The van der Waals surface area contributed by atoms with Crippen molar-refractivity contribution in [1.29, 1.82) is 0 Å². The third-order valence-electron chi connectivity index (χ3n) is 11.7. The molecule has 5 heteroatoms. The second-order valence-electron chi connectivity index (χ2n) is 18.1. The maximum atomic E-state index is 12.8. The minimum atomic E-state index is -0.555. The van der Waals surface area contributed by atoms with E-state index in [4.69, 9.17) is 14.2 Å². The van der Waals surface area contributed by atoms with Gasteiger partial charge in [-0.15, -0.1) is 0 Å². The smallest absolute Gasteiger partial charge is 0.306 e. The molecule has 0 spiro atoms. The van der Waals surface area contributed by atoms with Crippen LogP contribution in [0.1, 0.15) is 265 Å². The summed E-state index contributed by atoms with van der Waals surface area (Å²) >= 11 is 0. The molecule has 0 bridgehead atoms. The van der Waals surface area contributed by atoms with E-state index in [-0.39, 0.29) is 25.2 Å². The molecule has 0 rings (SSSR count). The van der Waals surface area contributed by atoms with Gasteiger partial charge in [0.1, 0.15) is 6.61 Å². The van der Waals surface area contributed by atoms with Crippen LogP contribution in [0.15, 0.2) is 72.9 Å². The molecule has 0 aliphatic rings. The normalized spacial score (nSPS) is 12.7. The van der Waals surface area contributed by atoms with Crippen LogP contribution >= 0.6 is 0 Å². The largest absolute Gasteiger partial charge is 0.462 e. The first-order valence-electron chi connectivity index (χ1n) is 27.5. The molecule has 0 saturated heterocycles. The predicted octanol–water partition coefficient (Wildman–Crippen LogP) is 18.7. The van der Waals surface area contributed by atoms with Gasteiger partial charge in [-0.2, -0.15) is 0 Å². The highest BCUT2D eigenvalue weighted by molar-refractivity contribution is 5.70. The summed E-state index contributed by atoms with van der Waals surface area (Å²) in [5.74, 6) is -0.422. The highest BCUT2D eigenvalue weighted by Gasteiger charge is 2.17. The standard InChI is InChI=1S/C59H104O5/c1-4-7-10-13-16-19-22-25-28-30-32-34-37-40-43-46-49-52-58(60)63-56-57(55-62-54-51-48-45-42-39-36-33-29-26-23-20-17-14-11-8-5-2)64-59(61)53-50-47-44-41-38-35-31-27-24-21-18-15-12-9-6-3/h9,12,17-18,20-21,25-29,31,57H,4-8,10-11,13-16,19,22-24,30,32-56H2,1-3H3/b12-9-,20-17-,21-18-,28-25-,29-26-,31-27-. The van der Waals surface area contributed by atoms with Gasteiger partial charge in [-0.05, 0) is 109 Å². The van der Waals surface area contributed by atoms with Crippen molar-refractivity contribution in [1.82, 2.24) is 0 Å². The number of ether oxygens (including phenoxy) is 3. The molecule has 5 nitrogen and oxygen atoms in total. The van der Waals surface area contributed by atoms with Gasteiger partial charge in [0.25, 0.3) is 0 Å². The van der Waals surface area contributed by atoms with Crippen molar-refractivity contribution >= 4 is 11.9 Å². The summed E-state index contributed by atoms with van der Waals surface area (Å²) in [5.41, 5.74) is 0. The molecule has 64 heavy (non-hydrogen) atoms. The number of esters is 2. The Labute approximate surface area is 397 Å². The Bertz CT molecular complexity index is 1150. The van der Waals surface area contributed by atoms with Crippen LogP contribution in [0.3, 0.4) is 0 Å². The van der Waals surface area contributed by atoms with Gasteiger partial charge in [-0.3, -0.25) is 9.59 Å². The number of carbonyl (C=O) groups is 2. The zero-order valence-electron chi connectivity index (χ0n) is 42.5. The molecule has 0 aromatic rings. The molecule has 0 aliphatic heterocycles. The van der Waals surface area contributed by atoms with Crippen LogP contribution in [-0.2, 0) is 23.8 Å². The predicted molar refractivity (Wildman–Crippen MR) is 279 cm³/mol. The summed E-state index contributed by atoms with van der Waals surface area (Å²) in [4.78, 5) is 25.5. The second kappa shape index (κ2) is 54.7. The van der Waals surface area contributed by atoms with Crippen LogP contribution in [0.4, 0.5) is 0 Å². The van der Waals surface area contributed by atoms with Crippen molar-refractivity contribution < 1.29 is 23.8 Å². The van der Waals surface area contributed by atoms with Crippen molar-refractivity contribution in [2.24, 2.45) is 0 Å². The third kappa shape index (κ3) is 52.0. The molecule has 1 atom stereocenters. The summed E-state index contributed by atoms with van der Waals surface area (Å²) in [6, 6.07) is 0. The lowest BCUT2D eigenvalue weighted by atomic mass is 10.1. The molecular weight excluding hydrogens is 789 g/mol. The van der Waals surface area contributed by atoms with Gasteiger partial charge in [0.2, 0.25) is 0 Å². The fraction of sp³-hybridized carbons (Fsp3) is 0.763. The Morgan fingerprint density at radius 2 is 0.703 bits per heavy atom. The average Bonchev–Trinajstić information content (AvgIpc) is 3.30. The Hall–Kier alpha value is -2.66. The van der Waals surface area contributed by atoms with E-state index in [2.05, 4.69) is 93.7 Å². The fourth-order valence-corrected chi connectivity index (χ4v) is 7.61. The zero-order chi connectivity index (χ0) is 46.3. The van der Waals surface area contributed by atoms with Gasteiger partial charge in [0.15, 0.2) is 6.10 Å². The average molecular weight is 893 g/mol. The van der Waals surface area contributed by atoms with Crippen molar-refractivity contribution in [3.63, 3.8) is 0 Å². The summed E-state index contributed by atoms with van der Waals surface area (Å²) in [6.07, 6.45) is 70.5. The maximum absolute atomic E-state index is 12.8. The Morgan fingerprint density at radius 3 is 1.17 bits per heavy atom. The maximum Gasteiger partial charge on any atom is 0.306 e. The highest BCUT2D eigenvalue weighted by atomic mass is 16.6. The van der Waals surface area contributed by atoms with Crippen LogP contribution in [0.25, 0.3) is 0 Å². The minimum absolute atomic E-state index is 0.0703. The molecular formula is C59H104O5. The molecule has 0 aliphatic carbocycles. The number of allylic oxidation sites excluding steroid dienone is 12. The van der Waals surface area contributed by atoms with E-state index in [0.29, 0.717) is 19.4 Å². The summed E-state index contributed by atoms with van der Waals surface area (Å²) in [6.45, 7) is 7.66. The fourth-order valence-electron chi connectivity index (χ4n) is 7.61. The van der Waals surface area contributed by atoms with Crippen molar-refractivity contribution in [2.75, 3.05) is 19.8 Å². The Kier molecular flexibility index (Phi) is 52.4. The molecule has 0 radical (unpaired) electrons. The molecule has 0 aromatic heterocycles. The van der Waals surface area contributed by atoms with Crippen molar-refractivity contribution in [2.45, 2.75) is 271 Å². The number of unbranched alkanes of at least 4 members (excludes halogenated alkanes) is 27. The molecule has 0 N–H and O–H groups in total. The molecule has 1 unspecified atom stereocenters. The van der Waals surface area contributed by atoms with E-state index in [0.717, 1.165) is 83.5 Å². The first-order chi connectivity index (χ1) is 31.6. The molecule has 370 valence electrons. The minimum Gasteiger partial charge on any atom is -0.462 e. The van der Waals surface area contributed by atoms with E-state index in [1.807, 2.05) is 0 Å². The number of hydrogen-bond acceptors (Lipinski definition) is 5. The van der Waals surface area contributed by atoms with Crippen LogP contribution < -0.4 is 0 Å². The molecule has 0 heterocycles. The lowest BCUT2D eigenvalue weighted by molar-refractivity contribution is -0.163. The Balaban J connectivity index is 4.32. The van der Waals surface area contributed by atoms with Crippen LogP contribution in [0, 0.1) is 0 Å². The number of rotatable bonds is 50. The van der Waals surface area contributed by atoms with Crippen molar-refractivity contribution in [3.8, 4) is 0 Å². The van der Waals surface area contributed by atoms with Gasteiger partial charge in [-0.25, -0.2) is 0 Å². The zero-order valence-corrected chi connectivity index (χ0v) is 42.5. The molecule has 0 fully saturated rings. The summed E-state index contributed by atoms with van der Waals surface area (Å²) in [7, 11) is 0. The monoisotopic (exact) mass is 893 g/mol. The first kappa shape index (κ1) is 61.3. The summed E-state index contributed by atoms with van der Waals surface area (Å²) < 4.78 is 17.4. The van der Waals surface area contributed by atoms with E-state index >= 15 is 0 Å². The van der Waals surface area contributed by atoms with E-state index in [1.165, 1.54) is 148 Å². The topological polar surface area (TPSA) is 61.8 Å². The van der Waals surface area contributed by atoms with Crippen LogP contribution in [0.5, 0.6) is 0 Å². The van der Waals surface area contributed by atoms with Gasteiger partial charge in [0, 0.05) is 19.4 Å². The van der Waals surface area contributed by atoms with Crippen LogP contribution in [0.2, 0.25) is 0 Å². The number of carbonyl (C=O) groups excluding carboxylic acids is 2. The first-order valence-corrected chi connectivity index (χ1v) is 27.5. The van der Waals surface area contributed by atoms with Gasteiger partial charge < -0.3 is 14.2 Å². The van der Waals surface area contributed by atoms with Gasteiger partial charge in [-0.1, -0.05) is 216 Å². The van der Waals surface area contributed by atoms with E-state index in [1.54, 1.807) is 0 Å². The number of hydrogen-bond donors (Lipinski definition) is 0. The van der Waals surface area contributed by atoms with Gasteiger partial charge >= 0.3 is 11.9 Å². The molecule has 0 aromatic carbocycles. The lowest BCUT2D eigenvalue weighted by Gasteiger charge is -2.18. The van der Waals surface area contributed by atoms with Crippen molar-refractivity contribution in [3.05, 3.63) is 72.9 Å². The molecule has 0 saturated carbocycles. The van der Waals surface area contributed by atoms with E-state index < -0.39 is 6.10 Å². The summed E-state index contributed by atoms with van der Waals surface area (Å²) in [5, 5.41) is 0. The third-order valence-corrected chi connectivity index (χ3v) is 11.7. The second-order valence-corrected chi connectivity index (χ2v) is 18.1. The highest BCUT2D eigenvalue weighted by Crippen LogP contribution is 2.14. The SMILES string of the molecule is CC/C=C\C/C=C\C/C=C\CCCCCCCC(=O)OC(COCCCCCCCC/C=C\C/C=C\CCCCC)COC(=O)CCCCCCCCC/C=C\CCCCCCCC. The van der Waals surface area contributed by atoms with Gasteiger partial charge in [0.05, 0.1) is 6.61 Å². The molecule has 0 amide bonds. The lowest BCUT2D eigenvalue weighted by Crippen LogP contribution is -2.30.